The summed E-state index contributed by atoms with van der Waals surface area (Å²) in [6.07, 6.45) is 2.40. The molecule has 0 radical (unpaired) electrons. The minimum absolute atomic E-state index is 0.0520. The molecule has 1 saturated carbocycles. The Bertz CT molecular complexity index is 391. The Morgan fingerprint density at radius 1 is 1.56 bits per heavy atom. The summed E-state index contributed by atoms with van der Waals surface area (Å²) in [6.45, 7) is 2.42. The highest BCUT2D eigenvalue weighted by molar-refractivity contribution is 9.10. The maximum absolute atomic E-state index is 9.78. The normalized spacial score (nSPS) is 17.2. The van der Waals surface area contributed by atoms with E-state index < -0.39 is 0 Å². The van der Waals surface area contributed by atoms with Gasteiger partial charge in [0.2, 0.25) is 0 Å². The van der Waals surface area contributed by atoms with Gasteiger partial charge in [-0.2, -0.15) is 0 Å². The van der Waals surface area contributed by atoms with Gasteiger partial charge in [0.25, 0.3) is 0 Å². The minimum Gasteiger partial charge on any atom is -0.503 e. The lowest BCUT2D eigenvalue weighted by molar-refractivity contribution is 0.316. The fourth-order valence-electron chi connectivity index (χ4n) is 1.78. The number of phenols is 1. The number of hydrogen-bond acceptors (Lipinski definition) is 3. The summed E-state index contributed by atoms with van der Waals surface area (Å²) in [7, 11) is 0. The van der Waals surface area contributed by atoms with E-state index in [2.05, 4.69) is 15.9 Å². The van der Waals surface area contributed by atoms with Crippen molar-refractivity contribution in [2.75, 3.05) is 6.61 Å². The number of ether oxygens (including phenoxy) is 1. The van der Waals surface area contributed by atoms with Crippen LogP contribution in [0.5, 0.6) is 11.5 Å². The van der Waals surface area contributed by atoms with E-state index in [4.69, 9.17) is 10.5 Å². The maximum atomic E-state index is 9.78. The molecule has 1 aliphatic carbocycles. The Hall–Kier alpha value is -0.740. The lowest BCUT2D eigenvalue weighted by Crippen LogP contribution is -2.12. The van der Waals surface area contributed by atoms with Crippen LogP contribution in [0.25, 0.3) is 0 Å². The summed E-state index contributed by atoms with van der Waals surface area (Å²) >= 11 is 3.32. The van der Waals surface area contributed by atoms with Gasteiger partial charge in [-0.3, -0.25) is 0 Å². The van der Waals surface area contributed by atoms with Gasteiger partial charge in [0, 0.05) is 6.04 Å². The molecule has 1 atom stereocenters. The van der Waals surface area contributed by atoms with Crippen LogP contribution < -0.4 is 10.5 Å². The molecule has 4 heteroatoms. The molecule has 16 heavy (non-hydrogen) atoms. The quantitative estimate of drug-likeness (QED) is 0.894. The van der Waals surface area contributed by atoms with Gasteiger partial charge in [0.1, 0.15) is 0 Å². The van der Waals surface area contributed by atoms with Crippen molar-refractivity contribution >= 4 is 15.9 Å². The fraction of sp³-hybridized carbons (Fsp3) is 0.500. The molecule has 88 valence electrons. The lowest BCUT2D eigenvalue weighted by atomic mass is 10.0. The molecule has 2 rings (SSSR count). The van der Waals surface area contributed by atoms with Crippen LogP contribution in [0.3, 0.4) is 0 Å². The van der Waals surface area contributed by atoms with Crippen LogP contribution in [0.2, 0.25) is 0 Å². The monoisotopic (exact) mass is 285 g/mol. The first-order valence-electron chi connectivity index (χ1n) is 5.54. The summed E-state index contributed by atoms with van der Waals surface area (Å²) in [5.41, 5.74) is 7.15. The zero-order chi connectivity index (χ0) is 11.7. The van der Waals surface area contributed by atoms with Crippen molar-refractivity contribution in [1.29, 1.82) is 0 Å². The van der Waals surface area contributed by atoms with Gasteiger partial charge >= 0.3 is 0 Å². The van der Waals surface area contributed by atoms with Crippen LogP contribution >= 0.6 is 15.9 Å². The summed E-state index contributed by atoms with van der Waals surface area (Å²) < 4.78 is 6.02. The zero-order valence-electron chi connectivity index (χ0n) is 9.24. The SMILES string of the molecule is CCOc1cc([C@@H](N)C2CC2)cc(Br)c1O. The van der Waals surface area contributed by atoms with E-state index in [1.807, 2.05) is 19.1 Å². The average molecular weight is 286 g/mol. The molecular weight excluding hydrogens is 270 g/mol. The highest BCUT2D eigenvalue weighted by Crippen LogP contribution is 2.43. The third-order valence-corrected chi connectivity index (χ3v) is 3.47. The molecule has 1 aliphatic rings. The number of aromatic hydroxyl groups is 1. The van der Waals surface area contributed by atoms with Crippen LogP contribution in [0.15, 0.2) is 16.6 Å². The molecule has 0 amide bonds. The fourth-order valence-corrected chi connectivity index (χ4v) is 2.24. The van der Waals surface area contributed by atoms with Crippen LogP contribution in [0.1, 0.15) is 31.4 Å². The Morgan fingerprint density at radius 2 is 2.25 bits per heavy atom. The van der Waals surface area contributed by atoms with Gasteiger partial charge in [-0.05, 0) is 59.3 Å². The van der Waals surface area contributed by atoms with E-state index in [9.17, 15) is 5.11 Å². The van der Waals surface area contributed by atoms with E-state index in [0.717, 1.165) is 5.56 Å². The molecule has 0 bridgehead atoms. The molecular formula is C12H16BrNO2. The van der Waals surface area contributed by atoms with Crippen LogP contribution in [-0.4, -0.2) is 11.7 Å². The van der Waals surface area contributed by atoms with E-state index in [0.29, 0.717) is 22.7 Å². The summed E-state index contributed by atoms with van der Waals surface area (Å²) in [4.78, 5) is 0. The number of phenolic OH excluding ortho intramolecular Hbond substituents is 1. The highest BCUT2D eigenvalue weighted by Gasteiger charge is 2.30. The standard InChI is InChI=1S/C12H16BrNO2/c1-2-16-10-6-8(5-9(13)12(10)15)11(14)7-3-4-7/h5-7,11,15H,2-4,14H2,1H3/t11-/m0/s1. The van der Waals surface area contributed by atoms with E-state index in [1.54, 1.807) is 0 Å². The third-order valence-electron chi connectivity index (χ3n) is 2.87. The number of benzene rings is 1. The zero-order valence-corrected chi connectivity index (χ0v) is 10.8. The van der Waals surface area contributed by atoms with Gasteiger partial charge in [-0.1, -0.05) is 0 Å². The second kappa shape index (κ2) is 4.63. The van der Waals surface area contributed by atoms with Crippen LogP contribution in [-0.2, 0) is 0 Å². The van der Waals surface area contributed by atoms with Crippen molar-refractivity contribution in [3.63, 3.8) is 0 Å². The number of nitrogens with two attached hydrogens (primary N) is 1. The van der Waals surface area contributed by atoms with Crippen LogP contribution in [0, 0.1) is 5.92 Å². The molecule has 1 aromatic rings. The number of halogens is 1. The maximum Gasteiger partial charge on any atom is 0.172 e. The van der Waals surface area contributed by atoms with E-state index in [-0.39, 0.29) is 11.8 Å². The first kappa shape index (κ1) is 11.7. The first-order valence-corrected chi connectivity index (χ1v) is 6.33. The molecule has 1 aromatic carbocycles. The molecule has 3 nitrogen and oxygen atoms in total. The summed E-state index contributed by atoms with van der Waals surface area (Å²) in [5.74, 6) is 1.24. The van der Waals surface area contributed by atoms with Crippen LogP contribution in [0.4, 0.5) is 0 Å². The van der Waals surface area contributed by atoms with Gasteiger partial charge in [0.05, 0.1) is 11.1 Å². The number of hydrogen-bond donors (Lipinski definition) is 2. The Kier molecular flexibility index (Phi) is 3.40. The summed E-state index contributed by atoms with van der Waals surface area (Å²) in [5, 5.41) is 9.78. The molecule has 0 saturated heterocycles. The lowest BCUT2D eigenvalue weighted by Gasteiger charge is -2.15. The smallest absolute Gasteiger partial charge is 0.172 e. The molecule has 0 aliphatic heterocycles. The predicted molar refractivity (Wildman–Crippen MR) is 66.6 cm³/mol. The van der Waals surface area contributed by atoms with Crippen molar-refractivity contribution in [3.8, 4) is 11.5 Å². The average Bonchev–Trinajstić information content (AvgIpc) is 3.07. The Morgan fingerprint density at radius 3 is 2.81 bits per heavy atom. The van der Waals surface area contributed by atoms with Crippen molar-refractivity contribution in [2.24, 2.45) is 11.7 Å². The summed E-state index contributed by atoms with van der Waals surface area (Å²) in [6, 6.07) is 3.77. The van der Waals surface area contributed by atoms with Gasteiger partial charge in [-0.15, -0.1) is 0 Å². The molecule has 3 N–H and O–H groups in total. The van der Waals surface area contributed by atoms with Crippen molar-refractivity contribution < 1.29 is 9.84 Å². The molecule has 0 spiro atoms. The minimum atomic E-state index is 0.0520. The second-order valence-electron chi connectivity index (χ2n) is 4.15. The van der Waals surface area contributed by atoms with Crippen molar-refractivity contribution in [1.82, 2.24) is 0 Å². The van der Waals surface area contributed by atoms with Crippen molar-refractivity contribution in [3.05, 3.63) is 22.2 Å². The second-order valence-corrected chi connectivity index (χ2v) is 5.00. The molecule has 1 fully saturated rings. The van der Waals surface area contributed by atoms with Gasteiger partial charge in [-0.25, -0.2) is 0 Å². The number of rotatable bonds is 4. The van der Waals surface area contributed by atoms with E-state index >= 15 is 0 Å². The first-order chi connectivity index (χ1) is 7.63. The topological polar surface area (TPSA) is 55.5 Å². The van der Waals surface area contributed by atoms with Gasteiger partial charge < -0.3 is 15.6 Å². The molecule has 0 unspecified atom stereocenters. The Labute approximate surface area is 104 Å². The Balaban J connectivity index is 2.31. The van der Waals surface area contributed by atoms with E-state index in [1.165, 1.54) is 12.8 Å². The predicted octanol–water partition coefficient (Wildman–Crippen LogP) is 2.96. The third kappa shape index (κ3) is 2.33. The molecule has 0 heterocycles. The molecule has 0 aromatic heterocycles. The van der Waals surface area contributed by atoms with Crippen molar-refractivity contribution in [2.45, 2.75) is 25.8 Å². The highest BCUT2D eigenvalue weighted by atomic mass is 79.9. The largest absolute Gasteiger partial charge is 0.503 e. The van der Waals surface area contributed by atoms with Gasteiger partial charge in [0.15, 0.2) is 11.5 Å².